The van der Waals surface area contributed by atoms with Crippen LogP contribution in [0.15, 0.2) is 0 Å². The average molecular weight is 271 g/mol. The van der Waals surface area contributed by atoms with Crippen LogP contribution in [0.4, 0.5) is 0 Å². The third kappa shape index (κ3) is 3.62. The first-order chi connectivity index (χ1) is 8.56. The minimum absolute atomic E-state index is 0.321. The SMILES string of the molecule is CC(C)SCC(=O)N1CCN2CCN(C)C[C@H]2C1. The molecule has 2 heterocycles. The number of nitrogens with zero attached hydrogens (tertiary/aromatic N) is 3. The third-order valence-electron chi connectivity index (χ3n) is 3.79. The van der Waals surface area contributed by atoms with Crippen molar-refractivity contribution in [1.82, 2.24) is 14.7 Å². The lowest BCUT2D eigenvalue weighted by molar-refractivity contribution is -0.132. The van der Waals surface area contributed by atoms with Gasteiger partial charge in [-0.1, -0.05) is 13.8 Å². The quantitative estimate of drug-likeness (QED) is 0.750. The van der Waals surface area contributed by atoms with E-state index in [1.165, 1.54) is 0 Å². The molecule has 0 spiro atoms. The zero-order chi connectivity index (χ0) is 13.1. The first kappa shape index (κ1) is 14.2. The van der Waals surface area contributed by atoms with Crippen LogP contribution in [0, 0.1) is 0 Å². The monoisotopic (exact) mass is 271 g/mol. The Bertz CT molecular complexity index is 298. The van der Waals surface area contributed by atoms with Gasteiger partial charge in [0.05, 0.1) is 5.75 Å². The fourth-order valence-corrected chi connectivity index (χ4v) is 3.32. The van der Waals surface area contributed by atoms with Crippen molar-refractivity contribution in [1.29, 1.82) is 0 Å². The Morgan fingerprint density at radius 3 is 2.67 bits per heavy atom. The van der Waals surface area contributed by atoms with E-state index >= 15 is 0 Å². The van der Waals surface area contributed by atoms with Gasteiger partial charge in [-0.15, -0.1) is 11.8 Å². The highest BCUT2D eigenvalue weighted by atomic mass is 32.2. The van der Waals surface area contributed by atoms with E-state index in [1.807, 2.05) is 0 Å². The molecule has 2 rings (SSSR count). The normalized spacial score (nSPS) is 26.4. The molecule has 2 aliphatic rings. The number of fused-ring (bicyclic) bond motifs is 1. The highest BCUT2D eigenvalue weighted by Crippen LogP contribution is 2.17. The molecule has 0 saturated carbocycles. The van der Waals surface area contributed by atoms with Crippen molar-refractivity contribution in [3.63, 3.8) is 0 Å². The Morgan fingerprint density at radius 2 is 1.94 bits per heavy atom. The molecule has 0 unspecified atom stereocenters. The van der Waals surface area contributed by atoms with E-state index in [0.717, 1.165) is 39.3 Å². The number of hydrogen-bond acceptors (Lipinski definition) is 4. The lowest BCUT2D eigenvalue weighted by Crippen LogP contribution is -2.62. The molecule has 0 aliphatic carbocycles. The Kier molecular flexibility index (Phi) is 4.92. The number of carbonyl (C=O) groups is 1. The van der Waals surface area contributed by atoms with Crippen molar-refractivity contribution in [2.24, 2.45) is 0 Å². The van der Waals surface area contributed by atoms with Crippen LogP contribution in [-0.2, 0) is 4.79 Å². The summed E-state index contributed by atoms with van der Waals surface area (Å²) < 4.78 is 0. The van der Waals surface area contributed by atoms with Crippen LogP contribution in [-0.4, -0.2) is 84.0 Å². The van der Waals surface area contributed by atoms with Gasteiger partial charge in [0, 0.05) is 45.3 Å². The Hall–Kier alpha value is -0.260. The van der Waals surface area contributed by atoms with E-state index in [4.69, 9.17) is 0 Å². The van der Waals surface area contributed by atoms with Crippen LogP contribution in [0.3, 0.4) is 0 Å². The predicted molar refractivity (Wildman–Crippen MR) is 77.0 cm³/mol. The van der Waals surface area contributed by atoms with E-state index in [2.05, 4.69) is 35.6 Å². The molecule has 2 aliphatic heterocycles. The molecule has 0 N–H and O–H groups in total. The highest BCUT2D eigenvalue weighted by molar-refractivity contribution is 8.00. The maximum atomic E-state index is 12.1. The summed E-state index contributed by atoms with van der Waals surface area (Å²) in [7, 11) is 2.17. The maximum absolute atomic E-state index is 12.1. The number of carbonyl (C=O) groups excluding carboxylic acids is 1. The lowest BCUT2D eigenvalue weighted by Gasteiger charge is -2.46. The van der Waals surface area contributed by atoms with Gasteiger partial charge in [0.1, 0.15) is 0 Å². The Balaban J connectivity index is 1.83. The number of thioether (sulfide) groups is 1. The van der Waals surface area contributed by atoms with Gasteiger partial charge in [-0.2, -0.15) is 0 Å². The van der Waals surface area contributed by atoms with Gasteiger partial charge in [0.25, 0.3) is 0 Å². The number of rotatable bonds is 3. The van der Waals surface area contributed by atoms with E-state index < -0.39 is 0 Å². The van der Waals surface area contributed by atoms with Gasteiger partial charge < -0.3 is 9.80 Å². The first-order valence-corrected chi connectivity index (χ1v) is 7.93. The fourth-order valence-electron chi connectivity index (χ4n) is 2.67. The summed E-state index contributed by atoms with van der Waals surface area (Å²) in [6, 6.07) is 0.547. The van der Waals surface area contributed by atoms with E-state index in [-0.39, 0.29) is 0 Å². The van der Waals surface area contributed by atoms with Crippen molar-refractivity contribution >= 4 is 17.7 Å². The fraction of sp³-hybridized carbons (Fsp3) is 0.923. The summed E-state index contributed by atoms with van der Waals surface area (Å²) in [4.78, 5) is 19.1. The molecule has 0 aromatic carbocycles. The van der Waals surface area contributed by atoms with Gasteiger partial charge in [-0.3, -0.25) is 9.69 Å². The molecule has 1 amide bonds. The minimum atomic E-state index is 0.321. The largest absolute Gasteiger partial charge is 0.339 e. The van der Waals surface area contributed by atoms with Crippen LogP contribution in [0.2, 0.25) is 0 Å². The molecule has 1 atom stereocenters. The van der Waals surface area contributed by atoms with E-state index in [9.17, 15) is 4.79 Å². The molecular formula is C13H25N3OS. The number of hydrogen-bond donors (Lipinski definition) is 0. The second kappa shape index (κ2) is 6.26. The van der Waals surface area contributed by atoms with Gasteiger partial charge in [-0.25, -0.2) is 0 Å². The van der Waals surface area contributed by atoms with Gasteiger partial charge in [0.15, 0.2) is 0 Å². The predicted octanol–water partition coefficient (Wildman–Crippen LogP) is 0.586. The first-order valence-electron chi connectivity index (χ1n) is 6.88. The van der Waals surface area contributed by atoms with E-state index in [0.29, 0.717) is 23.0 Å². The molecule has 2 fully saturated rings. The number of piperazine rings is 2. The molecule has 104 valence electrons. The second-order valence-corrected chi connectivity index (χ2v) is 7.22. The van der Waals surface area contributed by atoms with E-state index in [1.54, 1.807) is 11.8 Å². The summed E-state index contributed by atoms with van der Waals surface area (Å²) in [5.41, 5.74) is 0. The summed E-state index contributed by atoms with van der Waals surface area (Å²) in [5.74, 6) is 0.960. The topological polar surface area (TPSA) is 26.8 Å². The van der Waals surface area contributed by atoms with Gasteiger partial charge >= 0.3 is 0 Å². The molecule has 0 bridgehead atoms. The van der Waals surface area contributed by atoms with Crippen molar-refractivity contribution in [2.45, 2.75) is 25.1 Å². The van der Waals surface area contributed by atoms with Gasteiger partial charge in [0.2, 0.25) is 5.91 Å². The molecule has 0 aromatic rings. The Morgan fingerprint density at radius 1 is 1.22 bits per heavy atom. The average Bonchev–Trinajstić information content (AvgIpc) is 2.34. The summed E-state index contributed by atoms with van der Waals surface area (Å²) >= 11 is 1.75. The maximum Gasteiger partial charge on any atom is 0.232 e. The molecule has 5 heteroatoms. The molecule has 4 nitrogen and oxygen atoms in total. The summed E-state index contributed by atoms with van der Waals surface area (Å²) in [6.07, 6.45) is 0. The van der Waals surface area contributed by atoms with Gasteiger partial charge in [-0.05, 0) is 12.3 Å². The van der Waals surface area contributed by atoms with Crippen LogP contribution < -0.4 is 0 Å². The lowest BCUT2D eigenvalue weighted by atomic mass is 10.1. The van der Waals surface area contributed by atoms with Crippen LogP contribution in [0.25, 0.3) is 0 Å². The molecular weight excluding hydrogens is 246 g/mol. The zero-order valence-electron chi connectivity index (χ0n) is 11.8. The second-order valence-electron chi connectivity index (χ2n) is 5.65. The summed E-state index contributed by atoms with van der Waals surface area (Å²) in [6.45, 7) is 10.6. The van der Waals surface area contributed by atoms with Crippen molar-refractivity contribution < 1.29 is 4.79 Å². The minimum Gasteiger partial charge on any atom is -0.339 e. The van der Waals surface area contributed by atoms with Crippen LogP contribution >= 0.6 is 11.8 Å². The zero-order valence-corrected chi connectivity index (χ0v) is 12.6. The van der Waals surface area contributed by atoms with Crippen molar-refractivity contribution in [2.75, 3.05) is 52.1 Å². The molecule has 2 saturated heterocycles. The standard InChI is InChI=1S/C13H25N3OS/c1-11(2)18-10-13(17)16-7-6-15-5-4-14(3)8-12(15)9-16/h11-12H,4-10H2,1-3H3/t12-/m0/s1. The molecule has 0 radical (unpaired) electrons. The third-order valence-corrected chi connectivity index (χ3v) is 4.87. The smallest absolute Gasteiger partial charge is 0.232 e. The van der Waals surface area contributed by atoms with Crippen molar-refractivity contribution in [3.8, 4) is 0 Å². The highest BCUT2D eigenvalue weighted by Gasteiger charge is 2.32. The van der Waals surface area contributed by atoms with Crippen LogP contribution in [0.5, 0.6) is 0 Å². The number of likely N-dealkylation sites (N-methyl/N-ethyl adjacent to an activating group) is 1. The molecule has 18 heavy (non-hydrogen) atoms. The Labute approximate surface area is 115 Å². The number of amides is 1. The molecule has 0 aromatic heterocycles. The van der Waals surface area contributed by atoms with Crippen LogP contribution in [0.1, 0.15) is 13.8 Å². The summed E-state index contributed by atoms with van der Waals surface area (Å²) in [5, 5.41) is 0.538. The van der Waals surface area contributed by atoms with Crippen molar-refractivity contribution in [3.05, 3.63) is 0 Å².